The van der Waals surface area contributed by atoms with E-state index in [1.807, 2.05) is 0 Å². The molecule has 140 valence electrons. The van der Waals surface area contributed by atoms with Gasteiger partial charge in [-0.15, -0.1) is 24.0 Å². The first-order valence-electron chi connectivity index (χ1n) is 8.79. The summed E-state index contributed by atoms with van der Waals surface area (Å²) in [4.78, 5) is 8.97. The highest BCUT2D eigenvalue weighted by atomic mass is 127. The van der Waals surface area contributed by atoms with Gasteiger partial charge in [0.2, 0.25) is 5.89 Å². The van der Waals surface area contributed by atoms with E-state index in [0.29, 0.717) is 24.9 Å². The van der Waals surface area contributed by atoms with Crippen LogP contribution in [0.3, 0.4) is 0 Å². The largest absolute Gasteiger partial charge is 0.357 e. The first kappa shape index (κ1) is 23.1. The van der Waals surface area contributed by atoms with Crippen LogP contribution in [0.2, 0.25) is 0 Å². The Morgan fingerprint density at radius 3 is 2.42 bits per heavy atom. The smallest absolute Gasteiger partial charge is 0.228 e. The molecule has 0 aliphatic rings. The first-order valence-corrected chi connectivity index (χ1v) is 8.79. The van der Waals surface area contributed by atoms with Crippen molar-refractivity contribution in [1.82, 2.24) is 20.8 Å². The fraction of sp³-hybridized carbons (Fsp3) is 0.824. The second kappa shape index (κ2) is 12.5. The van der Waals surface area contributed by atoms with Crippen LogP contribution in [0.1, 0.15) is 72.0 Å². The molecule has 0 saturated heterocycles. The van der Waals surface area contributed by atoms with Gasteiger partial charge in [0, 0.05) is 24.9 Å². The zero-order valence-electron chi connectivity index (χ0n) is 15.9. The molecule has 0 amide bonds. The van der Waals surface area contributed by atoms with E-state index >= 15 is 0 Å². The Labute approximate surface area is 163 Å². The molecule has 0 bridgehead atoms. The number of guanidine groups is 1. The maximum absolute atomic E-state index is 5.24. The molecule has 0 spiro atoms. The van der Waals surface area contributed by atoms with Crippen molar-refractivity contribution in [1.29, 1.82) is 0 Å². The molecule has 1 rings (SSSR count). The number of hydrogen-bond acceptors (Lipinski definition) is 4. The summed E-state index contributed by atoms with van der Waals surface area (Å²) in [7, 11) is 0. The summed E-state index contributed by atoms with van der Waals surface area (Å²) in [6, 6.07) is 0.408. The van der Waals surface area contributed by atoms with Crippen LogP contribution in [0, 0.1) is 5.92 Å². The van der Waals surface area contributed by atoms with E-state index in [9.17, 15) is 0 Å². The number of nitrogens with one attached hydrogen (secondary N) is 2. The molecule has 24 heavy (non-hydrogen) atoms. The zero-order valence-corrected chi connectivity index (χ0v) is 18.3. The Hall–Kier alpha value is -0.860. The number of aromatic nitrogens is 2. The molecule has 0 aliphatic carbocycles. The molecule has 1 unspecified atom stereocenters. The first-order chi connectivity index (χ1) is 10.9. The summed E-state index contributed by atoms with van der Waals surface area (Å²) in [5, 5.41) is 10.7. The predicted molar refractivity (Wildman–Crippen MR) is 110 cm³/mol. The third kappa shape index (κ3) is 9.44. The van der Waals surface area contributed by atoms with Crippen LogP contribution in [-0.4, -0.2) is 35.2 Å². The van der Waals surface area contributed by atoms with Crippen LogP contribution < -0.4 is 10.6 Å². The van der Waals surface area contributed by atoms with Gasteiger partial charge >= 0.3 is 0 Å². The van der Waals surface area contributed by atoms with Crippen LogP contribution in [0.5, 0.6) is 0 Å². The highest BCUT2D eigenvalue weighted by molar-refractivity contribution is 14.0. The molecule has 6 nitrogen and oxygen atoms in total. The van der Waals surface area contributed by atoms with Crippen molar-refractivity contribution in [3.05, 3.63) is 11.7 Å². The lowest BCUT2D eigenvalue weighted by atomic mass is 10.0. The normalized spacial score (nSPS) is 13.1. The molecular weight excluding hydrogens is 417 g/mol. The number of aliphatic imine (C=N–C) groups is 1. The Balaban J connectivity index is 0.00000529. The molecular formula is C17H34IN5O. The lowest BCUT2D eigenvalue weighted by Crippen LogP contribution is -2.42. The molecule has 0 fully saturated rings. The number of nitrogens with zero attached hydrogens (tertiary/aromatic N) is 3. The molecule has 0 saturated carbocycles. The number of hydrogen-bond donors (Lipinski definition) is 2. The zero-order chi connectivity index (χ0) is 17.2. The van der Waals surface area contributed by atoms with Crippen LogP contribution in [0.25, 0.3) is 0 Å². The number of rotatable bonds is 9. The molecule has 1 atom stereocenters. The van der Waals surface area contributed by atoms with Gasteiger partial charge in [-0.2, -0.15) is 4.98 Å². The van der Waals surface area contributed by atoms with Crippen LogP contribution >= 0.6 is 24.0 Å². The summed E-state index contributed by atoms with van der Waals surface area (Å²) in [6.07, 6.45) is 3.02. The minimum atomic E-state index is 0. The van der Waals surface area contributed by atoms with Gasteiger partial charge in [-0.05, 0) is 32.6 Å². The summed E-state index contributed by atoms with van der Waals surface area (Å²) >= 11 is 0. The summed E-state index contributed by atoms with van der Waals surface area (Å²) in [5.41, 5.74) is 0. The topological polar surface area (TPSA) is 75.3 Å². The van der Waals surface area contributed by atoms with Gasteiger partial charge in [-0.3, -0.25) is 4.99 Å². The van der Waals surface area contributed by atoms with Gasteiger partial charge in [-0.1, -0.05) is 32.9 Å². The Morgan fingerprint density at radius 2 is 1.88 bits per heavy atom. The van der Waals surface area contributed by atoms with E-state index < -0.39 is 0 Å². The third-order valence-corrected chi connectivity index (χ3v) is 3.50. The monoisotopic (exact) mass is 451 g/mol. The van der Waals surface area contributed by atoms with E-state index in [4.69, 9.17) is 4.52 Å². The van der Waals surface area contributed by atoms with Crippen molar-refractivity contribution in [2.24, 2.45) is 10.9 Å². The maximum atomic E-state index is 5.24. The van der Waals surface area contributed by atoms with E-state index in [2.05, 4.69) is 67.3 Å². The third-order valence-electron chi connectivity index (χ3n) is 3.50. The van der Waals surface area contributed by atoms with Gasteiger partial charge < -0.3 is 15.2 Å². The molecule has 0 aromatic carbocycles. The van der Waals surface area contributed by atoms with E-state index in [0.717, 1.165) is 30.7 Å². The number of halogens is 1. The Morgan fingerprint density at radius 1 is 1.17 bits per heavy atom. The Bertz CT molecular complexity index is 473. The minimum Gasteiger partial charge on any atom is -0.357 e. The van der Waals surface area contributed by atoms with Crippen LogP contribution in [0.4, 0.5) is 0 Å². The van der Waals surface area contributed by atoms with Crippen molar-refractivity contribution in [2.75, 3.05) is 13.1 Å². The summed E-state index contributed by atoms with van der Waals surface area (Å²) < 4.78 is 5.24. The van der Waals surface area contributed by atoms with E-state index in [1.165, 1.54) is 6.42 Å². The van der Waals surface area contributed by atoms with Crippen molar-refractivity contribution in [3.63, 3.8) is 0 Å². The fourth-order valence-electron chi connectivity index (χ4n) is 2.08. The quantitative estimate of drug-likeness (QED) is 0.340. The standard InChI is InChI=1S/C17H33N5O.HI/c1-7-18-17(20-14(6)9-8-12(2)3)19-11-10-15-21-16(13(4)5)22-23-15;/h12-14H,7-11H2,1-6H3,(H2,18,19,20);1H. The highest BCUT2D eigenvalue weighted by Crippen LogP contribution is 2.10. The van der Waals surface area contributed by atoms with E-state index in [1.54, 1.807) is 0 Å². The molecule has 0 radical (unpaired) electrons. The lowest BCUT2D eigenvalue weighted by Gasteiger charge is -2.18. The molecule has 1 aromatic heterocycles. The van der Waals surface area contributed by atoms with Crippen LogP contribution in [0.15, 0.2) is 9.52 Å². The predicted octanol–water partition coefficient (Wildman–Crippen LogP) is 3.73. The van der Waals surface area contributed by atoms with Gasteiger partial charge in [0.1, 0.15) is 0 Å². The SMILES string of the molecule is CCNC(=NCCc1nc(C(C)C)no1)NC(C)CCC(C)C.I. The summed E-state index contributed by atoms with van der Waals surface area (Å²) in [6.45, 7) is 14.4. The fourth-order valence-corrected chi connectivity index (χ4v) is 2.08. The van der Waals surface area contributed by atoms with Gasteiger partial charge in [0.15, 0.2) is 11.8 Å². The van der Waals surface area contributed by atoms with Crippen molar-refractivity contribution < 1.29 is 4.52 Å². The molecule has 1 aromatic rings. The molecule has 0 aliphatic heterocycles. The second-order valence-corrected chi connectivity index (χ2v) is 6.73. The maximum Gasteiger partial charge on any atom is 0.228 e. The van der Waals surface area contributed by atoms with Crippen molar-refractivity contribution in [3.8, 4) is 0 Å². The molecule has 7 heteroatoms. The molecule has 1 heterocycles. The summed E-state index contributed by atoms with van der Waals surface area (Å²) in [5.74, 6) is 3.29. The van der Waals surface area contributed by atoms with Crippen LogP contribution in [-0.2, 0) is 6.42 Å². The highest BCUT2D eigenvalue weighted by Gasteiger charge is 2.10. The van der Waals surface area contributed by atoms with Gasteiger partial charge in [-0.25, -0.2) is 0 Å². The van der Waals surface area contributed by atoms with Crippen molar-refractivity contribution >= 4 is 29.9 Å². The van der Waals surface area contributed by atoms with Gasteiger partial charge in [0.05, 0.1) is 6.54 Å². The van der Waals surface area contributed by atoms with Gasteiger partial charge in [0.25, 0.3) is 0 Å². The second-order valence-electron chi connectivity index (χ2n) is 6.73. The Kier molecular flexibility index (Phi) is 12.0. The average molecular weight is 451 g/mol. The average Bonchev–Trinajstić information content (AvgIpc) is 2.94. The minimum absolute atomic E-state index is 0. The van der Waals surface area contributed by atoms with E-state index in [-0.39, 0.29) is 29.9 Å². The lowest BCUT2D eigenvalue weighted by molar-refractivity contribution is 0.372. The molecule has 2 N–H and O–H groups in total. The van der Waals surface area contributed by atoms with Crippen molar-refractivity contribution in [2.45, 2.75) is 72.8 Å².